The Hall–Kier alpha value is -3.50. The Kier molecular flexibility index (Phi) is 16.3. The maximum atomic E-state index is 5.26. The van der Waals surface area contributed by atoms with Gasteiger partial charge in [-0.25, -0.2) is 0 Å². The van der Waals surface area contributed by atoms with Crippen molar-refractivity contribution in [1.82, 2.24) is 20.8 Å². The van der Waals surface area contributed by atoms with Gasteiger partial charge in [0.15, 0.2) is 10.2 Å². The summed E-state index contributed by atoms with van der Waals surface area (Å²) in [5.74, 6) is 0. The van der Waals surface area contributed by atoms with Crippen molar-refractivity contribution in [1.29, 1.82) is 0 Å². The van der Waals surface area contributed by atoms with Gasteiger partial charge in [0.05, 0.1) is 23.8 Å². The quantitative estimate of drug-likeness (QED) is 0.258. The molecule has 10 heteroatoms. The molecular formula is C22H30N8S2. The Morgan fingerprint density at radius 2 is 1.38 bits per heavy atom. The Labute approximate surface area is 200 Å². The van der Waals surface area contributed by atoms with Crippen molar-refractivity contribution in [3.05, 3.63) is 72.3 Å². The normalized spacial score (nSPS) is 9.50. The van der Waals surface area contributed by atoms with Gasteiger partial charge in [-0.05, 0) is 48.0 Å². The average Bonchev–Trinajstić information content (AvgIpc) is 2.82. The Morgan fingerprint density at radius 3 is 1.97 bits per heavy atom. The molecule has 0 radical (unpaired) electrons. The minimum Gasteiger partial charge on any atom is -0.375 e. The molecule has 0 saturated carbocycles. The van der Waals surface area contributed by atoms with Gasteiger partial charge in [0.2, 0.25) is 0 Å². The molecular weight excluding hydrogens is 440 g/mol. The molecule has 170 valence electrons. The van der Waals surface area contributed by atoms with Crippen LogP contribution in [0.1, 0.15) is 39.1 Å². The van der Waals surface area contributed by atoms with E-state index in [-0.39, 0.29) is 10.2 Å². The highest BCUT2D eigenvalue weighted by atomic mass is 32.1. The number of aromatic nitrogens is 2. The highest BCUT2D eigenvalue weighted by Crippen LogP contribution is 2.14. The van der Waals surface area contributed by atoms with Gasteiger partial charge < -0.3 is 11.5 Å². The number of nitrogens with two attached hydrogens (primary N) is 2. The smallest absolute Gasteiger partial charge is 0.184 e. The standard InChI is InChI=1S/C11H10N4S.C7H8N4S.2C2H6/c12-11(16)15-14-7-10-9-4-2-1-3-8(9)5-6-13-10;8-7(12)11-10-5-6-3-1-2-4-9-6;2*1-2/h1-7H,(H3,12,15,16);1-5H,(H3,8,11,12);2*1-2H3/b14-7+;10-5+;;. The van der Waals surface area contributed by atoms with Crippen molar-refractivity contribution >= 4 is 57.9 Å². The lowest BCUT2D eigenvalue weighted by Crippen LogP contribution is -2.24. The van der Waals surface area contributed by atoms with Crippen molar-refractivity contribution in [2.24, 2.45) is 21.7 Å². The fourth-order valence-corrected chi connectivity index (χ4v) is 2.12. The third kappa shape index (κ3) is 12.3. The number of benzene rings is 1. The summed E-state index contributed by atoms with van der Waals surface area (Å²) in [6, 6.07) is 15.4. The molecule has 3 aromatic rings. The van der Waals surface area contributed by atoms with Gasteiger partial charge >= 0.3 is 0 Å². The van der Waals surface area contributed by atoms with E-state index in [4.69, 9.17) is 11.5 Å². The lowest BCUT2D eigenvalue weighted by atomic mass is 10.1. The number of thiocarbonyl (C=S) groups is 2. The largest absolute Gasteiger partial charge is 0.375 e. The fourth-order valence-electron chi connectivity index (χ4n) is 2.02. The number of hydrogen-bond acceptors (Lipinski definition) is 6. The van der Waals surface area contributed by atoms with E-state index in [1.807, 2.05) is 76.2 Å². The summed E-state index contributed by atoms with van der Waals surface area (Å²) in [5.41, 5.74) is 16.9. The van der Waals surface area contributed by atoms with E-state index in [9.17, 15) is 0 Å². The third-order valence-corrected chi connectivity index (χ3v) is 3.31. The van der Waals surface area contributed by atoms with Gasteiger partial charge in [0.25, 0.3) is 0 Å². The molecule has 0 saturated heterocycles. The Balaban J connectivity index is 0.000000536. The summed E-state index contributed by atoms with van der Waals surface area (Å²) in [7, 11) is 0. The Morgan fingerprint density at radius 1 is 0.781 bits per heavy atom. The first-order valence-electron chi connectivity index (χ1n) is 9.98. The van der Waals surface area contributed by atoms with Crippen molar-refractivity contribution in [2.45, 2.75) is 27.7 Å². The predicted octanol–water partition coefficient (Wildman–Crippen LogP) is 3.70. The Bertz CT molecular complexity index is 986. The number of hydrogen-bond donors (Lipinski definition) is 4. The van der Waals surface area contributed by atoms with Crippen LogP contribution in [0, 0.1) is 0 Å². The zero-order valence-corrected chi connectivity index (χ0v) is 20.3. The number of fused-ring (bicyclic) bond motifs is 1. The monoisotopic (exact) mass is 470 g/mol. The van der Waals surface area contributed by atoms with Crippen LogP contribution < -0.4 is 22.3 Å². The zero-order chi connectivity index (χ0) is 24.2. The van der Waals surface area contributed by atoms with Crippen molar-refractivity contribution < 1.29 is 0 Å². The lowest BCUT2D eigenvalue weighted by Gasteiger charge is -2.00. The van der Waals surface area contributed by atoms with Crippen LogP contribution in [0.5, 0.6) is 0 Å². The molecule has 2 aromatic heterocycles. The minimum atomic E-state index is 0.136. The molecule has 8 nitrogen and oxygen atoms in total. The summed E-state index contributed by atoms with van der Waals surface area (Å²) in [6.45, 7) is 8.00. The second-order valence-electron chi connectivity index (χ2n) is 5.14. The second-order valence-corrected chi connectivity index (χ2v) is 6.02. The molecule has 0 aliphatic carbocycles. The third-order valence-electron chi connectivity index (χ3n) is 3.13. The van der Waals surface area contributed by atoms with Crippen LogP contribution in [0.4, 0.5) is 0 Å². The van der Waals surface area contributed by atoms with Crippen LogP contribution in [0.3, 0.4) is 0 Å². The number of nitrogens with one attached hydrogen (secondary N) is 2. The summed E-state index contributed by atoms with van der Waals surface area (Å²) < 4.78 is 0. The van der Waals surface area contributed by atoms with Gasteiger partial charge in [0, 0.05) is 17.8 Å². The van der Waals surface area contributed by atoms with Gasteiger partial charge in [-0.2, -0.15) is 10.2 Å². The second kappa shape index (κ2) is 18.3. The van der Waals surface area contributed by atoms with Gasteiger partial charge in [-0.3, -0.25) is 20.8 Å². The van der Waals surface area contributed by atoms with Crippen molar-refractivity contribution in [2.75, 3.05) is 0 Å². The number of pyridine rings is 2. The molecule has 32 heavy (non-hydrogen) atoms. The van der Waals surface area contributed by atoms with Gasteiger partial charge in [-0.1, -0.05) is 58.0 Å². The highest BCUT2D eigenvalue weighted by molar-refractivity contribution is 7.80. The molecule has 0 aliphatic rings. The molecule has 0 spiro atoms. The van der Waals surface area contributed by atoms with Crippen LogP contribution in [0.2, 0.25) is 0 Å². The summed E-state index contributed by atoms with van der Waals surface area (Å²) in [4.78, 5) is 8.23. The molecule has 0 unspecified atom stereocenters. The first-order valence-corrected chi connectivity index (χ1v) is 10.8. The van der Waals surface area contributed by atoms with E-state index in [1.54, 1.807) is 24.8 Å². The number of rotatable bonds is 4. The molecule has 0 aliphatic heterocycles. The van der Waals surface area contributed by atoms with E-state index < -0.39 is 0 Å². The minimum absolute atomic E-state index is 0.136. The van der Waals surface area contributed by atoms with Crippen LogP contribution in [-0.2, 0) is 0 Å². The first-order chi connectivity index (χ1) is 15.6. The van der Waals surface area contributed by atoms with Crippen LogP contribution in [-0.4, -0.2) is 32.6 Å². The first kappa shape index (κ1) is 28.5. The predicted molar refractivity (Wildman–Crippen MR) is 144 cm³/mol. The molecule has 6 N–H and O–H groups in total. The summed E-state index contributed by atoms with van der Waals surface area (Å²) in [6.07, 6.45) is 6.56. The van der Waals surface area contributed by atoms with E-state index >= 15 is 0 Å². The van der Waals surface area contributed by atoms with E-state index in [0.29, 0.717) is 0 Å². The van der Waals surface area contributed by atoms with E-state index in [1.165, 1.54) is 0 Å². The number of nitrogens with zero attached hydrogens (tertiary/aromatic N) is 4. The summed E-state index contributed by atoms with van der Waals surface area (Å²) in [5, 5.41) is 10.1. The van der Waals surface area contributed by atoms with Crippen LogP contribution in [0.15, 0.2) is 71.1 Å². The lowest BCUT2D eigenvalue weighted by molar-refractivity contribution is 1.04. The molecule has 0 bridgehead atoms. The molecule has 1 aromatic carbocycles. The fraction of sp³-hybridized carbons (Fsp3) is 0.182. The maximum Gasteiger partial charge on any atom is 0.184 e. The topological polar surface area (TPSA) is 127 Å². The van der Waals surface area contributed by atoms with Gasteiger partial charge in [0.1, 0.15) is 0 Å². The van der Waals surface area contributed by atoms with Crippen molar-refractivity contribution in [3.8, 4) is 0 Å². The molecule has 0 fully saturated rings. The molecule has 2 heterocycles. The molecule has 3 rings (SSSR count). The number of hydrazone groups is 2. The SMILES string of the molecule is CC.CC.NC(=S)N/N=C/c1ccccn1.NC(=S)N/N=C/c1nccc2ccccc12. The maximum absolute atomic E-state index is 5.26. The van der Waals surface area contributed by atoms with E-state index in [0.717, 1.165) is 22.2 Å². The van der Waals surface area contributed by atoms with Crippen LogP contribution in [0.25, 0.3) is 10.8 Å². The molecule has 0 amide bonds. The van der Waals surface area contributed by atoms with Crippen LogP contribution >= 0.6 is 24.4 Å². The highest BCUT2D eigenvalue weighted by Gasteiger charge is 1.98. The average molecular weight is 471 g/mol. The zero-order valence-electron chi connectivity index (χ0n) is 18.7. The van der Waals surface area contributed by atoms with Crippen molar-refractivity contribution in [3.63, 3.8) is 0 Å². The summed E-state index contributed by atoms with van der Waals surface area (Å²) >= 11 is 9.18. The molecule has 0 atom stereocenters. The van der Waals surface area contributed by atoms with Gasteiger partial charge in [-0.15, -0.1) is 0 Å². The van der Waals surface area contributed by atoms with E-state index in [2.05, 4.69) is 55.5 Å².